The monoisotopic (exact) mass is 472 g/mol. The maximum absolute atomic E-state index is 13.3. The van der Waals surface area contributed by atoms with Gasteiger partial charge >= 0.3 is 0 Å². The first kappa shape index (κ1) is 23.8. The highest BCUT2D eigenvalue weighted by Gasteiger charge is 2.28. The number of nitrogens with zero attached hydrogens (tertiary/aromatic N) is 1. The SMILES string of the molecule is COc1ccc(S(=O)(=O)N[C@H](Cc2ccccc2)C(=O)N(C)Cc2ccccc2)cc1Cl. The van der Waals surface area contributed by atoms with E-state index in [2.05, 4.69) is 4.72 Å². The van der Waals surface area contributed by atoms with Crippen LogP contribution < -0.4 is 9.46 Å². The van der Waals surface area contributed by atoms with Gasteiger partial charge in [0, 0.05) is 13.6 Å². The van der Waals surface area contributed by atoms with Crippen LogP contribution in [0, 0.1) is 0 Å². The number of halogens is 1. The van der Waals surface area contributed by atoms with Crippen molar-refractivity contribution >= 4 is 27.5 Å². The van der Waals surface area contributed by atoms with E-state index >= 15 is 0 Å². The number of amides is 1. The number of ether oxygens (including phenoxy) is 1. The highest BCUT2D eigenvalue weighted by molar-refractivity contribution is 7.89. The van der Waals surface area contributed by atoms with Gasteiger partial charge in [-0.05, 0) is 35.7 Å². The molecule has 0 radical (unpaired) electrons. The Morgan fingerprint density at radius 3 is 2.16 bits per heavy atom. The zero-order chi connectivity index (χ0) is 23.1. The van der Waals surface area contributed by atoms with E-state index < -0.39 is 16.1 Å². The fraction of sp³-hybridized carbons (Fsp3) is 0.208. The maximum atomic E-state index is 13.3. The largest absolute Gasteiger partial charge is 0.495 e. The van der Waals surface area contributed by atoms with Crippen LogP contribution in [0.15, 0.2) is 83.8 Å². The molecule has 0 saturated heterocycles. The molecule has 3 aromatic rings. The van der Waals surface area contributed by atoms with Crippen molar-refractivity contribution in [2.24, 2.45) is 0 Å². The average Bonchev–Trinajstić information content (AvgIpc) is 2.79. The van der Waals surface area contributed by atoms with Crippen molar-refractivity contribution in [1.82, 2.24) is 9.62 Å². The van der Waals surface area contributed by atoms with Crippen LogP contribution in [0.2, 0.25) is 5.02 Å². The van der Waals surface area contributed by atoms with Gasteiger partial charge in [0.2, 0.25) is 15.9 Å². The number of hydrogen-bond acceptors (Lipinski definition) is 4. The number of carbonyl (C=O) groups is 1. The van der Waals surface area contributed by atoms with Crippen molar-refractivity contribution in [2.45, 2.75) is 23.9 Å². The fourth-order valence-corrected chi connectivity index (χ4v) is 4.84. The van der Waals surface area contributed by atoms with Crippen LogP contribution in [0.1, 0.15) is 11.1 Å². The summed E-state index contributed by atoms with van der Waals surface area (Å²) in [6.07, 6.45) is 0.210. The topological polar surface area (TPSA) is 75.7 Å². The molecule has 1 amide bonds. The molecule has 0 aliphatic heterocycles. The molecule has 3 rings (SSSR count). The third-order valence-corrected chi connectivity index (χ3v) is 6.72. The van der Waals surface area contributed by atoms with Crippen molar-refractivity contribution in [1.29, 1.82) is 0 Å². The van der Waals surface area contributed by atoms with E-state index in [0.29, 0.717) is 12.3 Å². The van der Waals surface area contributed by atoms with Crippen molar-refractivity contribution in [3.63, 3.8) is 0 Å². The van der Waals surface area contributed by atoms with Crippen molar-refractivity contribution in [3.8, 4) is 5.75 Å². The molecule has 3 aromatic carbocycles. The molecule has 8 heteroatoms. The van der Waals surface area contributed by atoms with Crippen LogP contribution in [-0.2, 0) is 27.8 Å². The minimum atomic E-state index is -4.02. The quantitative estimate of drug-likeness (QED) is 0.512. The predicted molar refractivity (Wildman–Crippen MR) is 125 cm³/mol. The van der Waals surface area contributed by atoms with Gasteiger partial charge < -0.3 is 9.64 Å². The third-order valence-electron chi connectivity index (χ3n) is 4.95. The fourth-order valence-electron chi connectivity index (χ4n) is 3.30. The standard InChI is InChI=1S/C24H25ClN2O4S/c1-27(17-19-11-7-4-8-12-19)24(28)22(15-18-9-5-3-6-10-18)26-32(29,30)20-13-14-23(31-2)21(25)16-20/h3-14,16,22,26H,15,17H2,1-2H3/t22-/m1/s1. The van der Waals surface area contributed by atoms with E-state index in [-0.39, 0.29) is 22.2 Å². The number of sulfonamides is 1. The van der Waals surface area contributed by atoms with Crippen molar-refractivity contribution < 1.29 is 17.9 Å². The summed E-state index contributed by atoms with van der Waals surface area (Å²) in [5, 5.41) is 0.169. The Labute approximate surface area is 193 Å². The van der Waals surface area contributed by atoms with Gasteiger partial charge in [0.15, 0.2) is 0 Å². The molecule has 168 valence electrons. The molecule has 0 heterocycles. The summed E-state index contributed by atoms with van der Waals surface area (Å²) in [4.78, 5) is 14.8. The number of benzene rings is 3. The number of nitrogens with one attached hydrogen (secondary N) is 1. The molecular weight excluding hydrogens is 448 g/mol. The first-order valence-electron chi connectivity index (χ1n) is 9.99. The lowest BCUT2D eigenvalue weighted by molar-refractivity contribution is -0.132. The highest BCUT2D eigenvalue weighted by Crippen LogP contribution is 2.27. The number of hydrogen-bond donors (Lipinski definition) is 1. The Kier molecular flexibility index (Phi) is 7.90. The second-order valence-corrected chi connectivity index (χ2v) is 9.46. The lowest BCUT2D eigenvalue weighted by Gasteiger charge is -2.25. The summed E-state index contributed by atoms with van der Waals surface area (Å²) in [5.74, 6) is 0.0333. The van der Waals surface area contributed by atoms with Gasteiger partial charge in [-0.25, -0.2) is 8.42 Å². The second-order valence-electron chi connectivity index (χ2n) is 7.34. The van der Waals surface area contributed by atoms with E-state index in [9.17, 15) is 13.2 Å². The average molecular weight is 473 g/mol. The molecule has 0 spiro atoms. The molecule has 0 fully saturated rings. The maximum Gasteiger partial charge on any atom is 0.241 e. The van der Waals surface area contributed by atoms with Crippen LogP contribution >= 0.6 is 11.6 Å². The van der Waals surface area contributed by atoms with Gasteiger partial charge in [0.25, 0.3) is 0 Å². The summed E-state index contributed by atoms with van der Waals surface area (Å²) in [5.41, 5.74) is 1.79. The van der Waals surface area contributed by atoms with Crippen molar-refractivity contribution in [3.05, 3.63) is 95.0 Å². The molecule has 32 heavy (non-hydrogen) atoms. The van der Waals surface area contributed by atoms with Crippen LogP contribution in [-0.4, -0.2) is 39.4 Å². The van der Waals surface area contributed by atoms with Gasteiger partial charge in [-0.2, -0.15) is 4.72 Å². The lowest BCUT2D eigenvalue weighted by Crippen LogP contribution is -2.48. The van der Waals surface area contributed by atoms with Gasteiger partial charge in [-0.3, -0.25) is 4.79 Å². The molecule has 0 saturated carbocycles. The number of methoxy groups -OCH3 is 1. The first-order chi connectivity index (χ1) is 15.3. The molecule has 0 unspecified atom stereocenters. The first-order valence-corrected chi connectivity index (χ1v) is 11.8. The normalized spacial score (nSPS) is 12.2. The summed E-state index contributed by atoms with van der Waals surface area (Å²) in [6.45, 7) is 0.362. The van der Waals surface area contributed by atoms with E-state index in [1.54, 1.807) is 7.05 Å². The lowest BCUT2D eigenvalue weighted by atomic mass is 10.1. The Balaban J connectivity index is 1.86. The number of carbonyl (C=O) groups excluding carboxylic acids is 1. The van der Waals surface area contributed by atoms with Gasteiger partial charge in [0.1, 0.15) is 11.8 Å². The molecule has 0 bridgehead atoms. The third kappa shape index (κ3) is 6.09. The molecule has 0 aliphatic rings. The minimum Gasteiger partial charge on any atom is -0.495 e. The van der Waals surface area contributed by atoms with E-state index in [1.165, 1.54) is 30.2 Å². The van der Waals surface area contributed by atoms with Crippen LogP contribution in [0.4, 0.5) is 0 Å². The van der Waals surface area contributed by atoms with Gasteiger partial charge in [-0.1, -0.05) is 72.3 Å². The van der Waals surface area contributed by atoms with Crippen LogP contribution in [0.5, 0.6) is 5.75 Å². The van der Waals surface area contributed by atoms with E-state index in [4.69, 9.17) is 16.3 Å². The Morgan fingerprint density at radius 2 is 1.59 bits per heavy atom. The second kappa shape index (κ2) is 10.6. The number of rotatable bonds is 9. The molecular formula is C24H25ClN2O4S. The van der Waals surface area contributed by atoms with Gasteiger partial charge in [-0.15, -0.1) is 0 Å². The molecule has 0 aliphatic carbocycles. The zero-order valence-electron chi connectivity index (χ0n) is 17.9. The van der Waals surface area contributed by atoms with Gasteiger partial charge in [0.05, 0.1) is 17.0 Å². The molecule has 6 nitrogen and oxygen atoms in total. The Hall–Kier alpha value is -2.87. The summed E-state index contributed by atoms with van der Waals surface area (Å²) in [6, 6.07) is 22.0. The Morgan fingerprint density at radius 1 is 1.00 bits per heavy atom. The number of likely N-dealkylation sites (N-methyl/N-ethyl adjacent to an activating group) is 1. The minimum absolute atomic E-state index is 0.0418. The van der Waals surface area contributed by atoms with Crippen LogP contribution in [0.25, 0.3) is 0 Å². The van der Waals surface area contributed by atoms with E-state index in [1.807, 2.05) is 60.7 Å². The van der Waals surface area contributed by atoms with Crippen LogP contribution in [0.3, 0.4) is 0 Å². The smallest absolute Gasteiger partial charge is 0.241 e. The Bertz CT molecular complexity index is 1160. The summed E-state index contributed by atoms with van der Waals surface area (Å²) in [7, 11) is -0.908. The molecule has 1 atom stereocenters. The summed E-state index contributed by atoms with van der Waals surface area (Å²) >= 11 is 6.11. The highest BCUT2D eigenvalue weighted by atomic mass is 35.5. The predicted octanol–water partition coefficient (Wildman–Crippen LogP) is 3.90. The van der Waals surface area contributed by atoms with Crippen molar-refractivity contribution in [2.75, 3.05) is 14.2 Å². The molecule has 1 N–H and O–H groups in total. The zero-order valence-corrected chi connectivity index (χ0v) is 19.4. The molecule has 0 aromatic heterocycles. The van der Waals surface area contributed by atoms with E-state index in [0.717, 1.165) is 11.1 Å². The summed E-state index contributed by atoms with van der Waals surface area (Å²) < 4.78 is 33.8.